The second kappa shape index (κ2) is 11.3. The summed E-state index contributed by atoms with van der Waals surface area (Å²) >= 11 is 0. The van der Waals surface area contributed by atoms with E-state index in [9.17, 15) is 19.3 Å². The molecule has 2 rings (SSSR count). The van der Waals surface area contributed by atoms with Gasteiger partial charge in [0.2, 0.25) is 5.82 Å². The highest BCUT2D eigenvalue weighted by Gasteiger charge is 2.14. The quantitative estimate of drug-likeness (QED) is 0.261. The van der Waals surface area contributed by atoms with E-state index in [2.05, 4.69) is 0 Å². The first-order valence-corrected chi connectivity index (χ1v) is 10.1. The van der Waals surface area contributed by atoms with E-state index < -0.39 is 16.4 Å². The molecular weight excluding hydrogens is 389 g/mol. The molecule has 0 atom stereocenters. The van der Waals surface area contributed by atoms with Crippen LogP contribution in [0.5, 0.6) is 11.5 Å². The smallest absolute Gasteiger partial charge is 0.305 e. The zero-order chi connectivity index (χ0) is 22.1. The van der Waals surface area contributed by atoms with Crippen molar-refractivity contribution in [1.29, 1.82) is 0 Å². The minimum atomic E-state index is -0.834. The molecule has 0 aliphatic rings. The number of hydrogen-bond acceptors (Lipinski definition) is 5. The molecule has 7 heteroatoms. The summed E-state index contributed by atoms with van der Waals surface area (Å²) in [5, 5.41) is 10.8. The first kappa shape index (κ1) is 23.3. The number of carbonyl (C=O) groups excluding carboxylic acids is 1. The minimum absolute atomic E-state index is 0.0262. The third-order valence-corrected chi connectivity index (χ3v) is 4.66. The van der Waals surface area contributed by atoms with Gasteiger partial charge in [-0.05, 0) is 68.9 Å². The van der Waals surface area contributed by atoms with Gasteiger partial charge in [-0.2, -0.15) is 4.39 Å². The van der Waals surface area contributed by atoms with Crippen LogP contribution in [-0.4, -0.2) is 23.9 Å². The normalized spacial score (nSPS) is 10.8. The number of Topliss-reactive ketones (excluding diaryl/α,β-unsaturated/α-hetero) is 1. The molecule has 0 saturated heterocycles. The highest BCUT2D eigenvalue weighted by molar-refractivity contribution is 5.78. The van der Waals surface area contributed by atoms with Crippen molar-refractivity contribution in [3.05, 3.63) is 63.5 Å². The van der Waals surface area contributed by atoms with Gasteiger partial charge in [-0.15, -0.1) is 0 Å². The molecule has 162 valence electrons. The summed E-state index contributed by atoms with van der Waals surface area (Å²) in [7, 11) is 1.59. The maximum atomic E-state index is 13.4. The zero-order valence-electron chi connectivity index (χ0n) is 17.7. The van der Waals surface area contributed by atoms with Gasteiger partial charge in [-0.25, -0.2) is 0 Å². The van der Waals surface area contributed by atoms with E-state index >= 15 is 0 Å². The van der Waals surface area contributed by atoms with Crippen LogP contribution in [0.2, 0.25) is 0 Å². The average Bonchev–Trinajstić information content (AvgIpc) is 2.70. The fourth-order valence-electron chi connectivity index (χ4n) is 3.14. The number of nitrogens with zero attached hydrogens (tertiary/aromatic N) is 1. The number of carbonyl (C=O) groups is 1. The fourth-order valence-corrected chi connectivity index (χ4v) is 3.14. The maximum Gasteiger partial charge on any atom is 0.305 e. The summed E-state index contributed by atoms with van der Waals surface area (Å²) in [4.78, 5) is 22.3. The Morgan fingerprint density at radius 1 is 1.03 bits per heavy atom. The Hall–Kier alpha value is -2.96. The van der Waals surface area contributed by atoms with E-state index in [1.807, 2.05) is 32.0 Å². The van der Waals surface area contributed by atoms with Crippen molar-refractivity contribution in [2.45, 2.75) is 58.5 Å². The molecule has 0 saturated carbocycles. The highest BCUT2D eigenvalue weighted by atomic mass is 19.1. The number of methoxy groups -OCH3 is 1. The van der Waals surface area contributed by atoms with Gasteiger partial charge in [0, 0.05) is 18.9 Å². The van der Waals surface area contributed by atoms with Crippen molar-refractivity contribution < 1.29 is 23.6 Å². The predicted molar refractivity (Wildman–Crippen MR) is 113 cm³/mol. The fraction of sp³-hybridized carbons (Fsp3) is 0.435. The molecule has 30 heavy (non-hydrogen) atoms. The first-order valence-electron chi connectivity index (χ1n) is 10.1. The summed E-state index contributed by atoms with van der Waals surface area (Å²) in [6.45, 7) is 3.89. The summed E-state index contributed by atoms with van der Waals surface area (Å²) in [5.74, 6) is 0.673. The Labute approximate surface area is 176 Å². The van der Waals surface area contributed by atoms with Gasteiger partial charge >= 0.3 is 5.69 Å². The molecule has 0 bridgehead atoms. The van der Waals surface area contributed by atoms with E-state index in [1.54, 1.807) is 13.2 Å². The number of ketones is 1. The maximum absolute atomic E-state index is 13.4. The van der Waals surface area contributed by atoms with Crippen LogP contribution < -0.4 is 9.47 Å². The van der Waals surface area contributed by atoms with Crippen molar-refractivity contribution in [1.82, 2.24) is 0 Å². The first-order chi connectivity index (χ1) is 14.3. The summed E-state index contributed by atoms with van der Waals surface area (Å²) < 4.78 is 24.4. The largest absolute Gasteiger partial charge is 0.493 e. The second-order valence-corrected chi connectivity index (χ2v) is 7.44. The van der Waals surface area contributed by atoms with Crippen molar-refractivity contribution in [3.63, 3.8) is 0 Å². The van der Waals surface area contributed by atoms with Crippen LogP contribution in [0.1, 0.15) is 50.7 Å². The molecular formula is C23H28FNO5. The number of benzene rings is 2. The van der Waals surface area contributed by atoms with Crippen molar-refractivity contribution in [2.24, 2.45) is 0 Å². The molecule has 0 aliphatic carbocycles. The Bertz CT molecular complexity index is 882. The molecule has 0 aliphatic heterocycles. The van der Waals surface area contributed by atoms with Gasteiger partial charge in [-0.1, -0.05) is 12.1 Å². The third-order valence-electron chi connectivity index (χ3n) is 4.66. The summed E-state index contributed by atoms with van der Waals surface area (Å²) in [6.07, 6.45) is 3.52. The van der Waals surface area contributed by atoms with Crippen molar-refractivity contribution in [3.8, 4) is 11.5 Å². The van der Waals surface area contributed by atoms with E-state index in [-0.39, 0.29) is 11.9 Å². The molecule has 0 spiro atoms. The summed E-state index contributed by atoms with van der Waals surface area (Å²) in [5.41, 5.74) is 1.20. The van der Waals surface area contributed by atoms with Gasteiger partial charge in [0.1, 0.15) is 5.78 Å². The molecule has 0 radical (unpaired) electrons. The topological polar surface area (TPSA) is 78.7 Å². The SMILES string of the molecule is COc1ccc(CCC(=O)CCCCc2ccc(F)c([N+](=O)[O-])c2)cc1OC(C)C. The number of nitro groups is 1. The van der Waals surface area contributed by atoms with Crippen molar-refractivity contribution in [2.75, 3.05) is 7.11 Å². The van der Waals surface area contributed by atoms with E-state index in [1.165, 1.54) is 6.07 Å². The lowest BCUT2D eigenvalue weighted by molar-refractivity contribution is -0.387. The average molecular weight is 417 g/mol. The van der Waals surface area contributed by atoms with E-state index in [0.717, 1.165) is 11.6 Å². The van der Waals surface area contributed by atoms with E-state index in [4.69, 9.17) is 9.47 Å². The number of unbranched alkanes of at least 4 members (excludes halogenated alkanes) is 1. The van der Waals surface area contributed by atoms with Crippen molar-refractivity contribution >= 4 is 11.5 Å². The van der Waals surface area contributed by atoms with Crippen LogP contribution in [0.15, 0.2) is 36.4 Å². The van der Waals surface area contributed by atoms with Crippen LogP contribution in [0, 0.1) is 15.9 Å². The standard InChI is InChI=1S/C23H28FNO5/c1-16(2)30-23-15-18(10-13-22(23)29-3)8-11-19(26)7-5-4-6-17-9-12-20(24)21(14-17)25(27)28/h9-10,12-16H,4-8,11H2,1-3H3. The number of halogens is 1. The second-order valence-electron chi connectivity index (χ2n) is 7.44. The lowest BCUT2D eigenvalue weighted by Crippen LogP contribution is -2.07. The monoisotopic (exact) mass is 417 g/mol. The Morgan fingerprint density at radius 2 is 1.73 bits per heavy atom. The third kappa shape index (κ3) is 7.13. The van der Waals surface area contributed by atoms with Crippen LogP contribution in [0.4, 0.5) is 10.1 Å². The lowest BCUT2D eigenvalue weighted by atomic mass is 10.0. The molecule has 0 amide bonds. The molecule has 0 fully saturated rings. The molecule has 0 N–H and O–H groups in total. The molecule has 0 heterocycles. The Morgan fingerprint density at radius 3 is 2.40 bits per heavy atom. The molecule has 6 nitrogen and oxygen atoms in total. The zero-order valence-corrected chi connectivity index (χ0v) is 17.7. The van der Waals surface area contributed by atoms with Gasteiger partial charge in [0.25, 0.3) is 0 Å². The number of nitro benzene ring substituents is 1. The number of hydrogen-bond donors (Lipinski definition) is 0. The number of aryl methyl sites for hydroxylation is 2. The molecule has 2 aromatic carbocycles. The van der Waals surface area contributed by atoms with Crippen LogP contribution in [0.3, 0.4) is 0 Å². The Kier molecular flexibility index (Phi) is 8.77. The van der Waals surface area contributed by atoms with Crippen LogP contribution >= 0.6 is 0 Å². The van der Waals surface area contributed by atoms with Gasteiger partial charge < -0.3 is 9.47 Å². The highest BCUT2D eigenvalue weighted by Crippen LogP contribution is 2.29. The predicted octanol–water partition coefficient (Wildman–Crippen LogP) is 5.44. The molecule has 0 unspecified atom stereocenters. The lowest BCUT2D eigenvalue weighted by Gasteiger charge is -2.14. The van der Waals surface area contributed by atoms with E-state index in [0.29, 0.717) is 55.6 Å². The van der Waals surface area contributed by atoms with Crippen LogP contribution in [-0.2, 0) is 17.6 Å². The molecule has 2 aromatic rings. The minimum Gasteiger partial charge on any atom is -0.493 e. The summed E-state index contributed by atoms with van der Waals surface area (Å²) in [6, 6.07) is 9.61. The van der Waals surface area contributed by atoms with Gasteiger partial charge in [0.05, 0.1) is 18.1 Å². The van der Waals surface area contributed by atoms with Crippen LogP contribution in [0.25, 0.3) is 0 Å². The van der Waals surface area contributed by atoms with Gasteiger partial charge in [-0.3, -0.25) is 14.9 Å². The van der Waals surface area contributed by atoms with Gasteiger partial charge in [0.15, 0.2) is 11.5 Å². The number of rotatable bonds is 12. The Balaban J connectivity index is 1.78. The molecule has 0 aromatic heterocycles. The number of ether oxygens (including phenoxy) is 2.